The lowest BCUT2D eigenvalue weighted by atomic mass is 10.2. The van der Waals surface area contributed by atoms with Gasteiger partial charge in [0.2, 0.25) is 0 Å². The van der Waals surface area contributed by atoms with Crippen LogP contribution < -0.4 is 0 Å². The van der Waals surface area contributed by atoms with Gasteiger partial charge in [0.25, 0.3) is 0 Å². The van der Waals surface area contributed by atoms with Crippen molar-refractivity contribution in [3.8, 4) is 11.3 Å². The van der Waals surface area contributed by atoms with Crippen LogP contribution in [0.3, 0.4) is 0 Å². The van der Waals surface area contributed by atoms with Crippen LogP contribution in [0.15, 0.2) is 39.9 Å². The third-order valence-electron chi connectivity index (χ3n) is 2.02. The van der Waals surface area contributed by atoms with Crippen LogP contribution in [0.2, 0.25) is 10.0 Å². The van der Waals surface area contributed by atoms with Crippen molar-refractivity contribution >= 4 is 29.4 Å². The van der Waals surface area contributed by atoms with E-state index in [4.69, 9.17) is 32.8 Å². The summed E-state index contributed by atoms with van der Waals surface area (Å²) in [6, 6.07) is 8.66. The maximum atomic E-state index is 8.35. The minimum Gasteiger partial charge on any atom is -0.455 e. The van der Waals surface area contributed by atoms with Crippen LogP contribution in [0.5, 0.6) is 0 Å². The van der Waals surface area contributed by atoms with E-state index < -0.39 is 0 Å². The van der Waals surface area contributed by atoms with Gasteiger partial charge in [-0.2, -0.15) is 0 Å². The van der Waals surface area contributed by atoms with E-state index in [1.165, 1.54) is 6.21 Å². The first kappa shape index (κ1) is 11.0. The molecule has 0 aliphatic carbocycles. The highest BCUT2D eigenvalue weighted by atomic mass is 35.5. The van der Waals surface area contributed by atoms with E-state index in [0.29, 0.717) is 21.6 Å². The highest BCUT2D eigenvalue weighted by molar-refractivity contribution is 6.42. The molecule has 1 aromatic heterocycles. The van der Waals surface area contributed by atoms with Crippen LogP contribution in [-0.4, -0.2) is 11.4 Å². The summed E-state index contributed by atoms with van der Waals surface area (Å²) < 4.78 is 5.39. The summed E-state index contributed by atoms with van der Waals surface area (Å²) in [6.07, 6.45) is 1.21. The van der Waals surface area contributed by atoms with Crippen molar-refractivity contribution in [1.29, 1.82) is 0 Å². The van der Waals surface area contributed by atoms with Gasteiger partial charge < -0.3 is 9.62 Å². The average Bonchev–Trinajstić information content (AvgIpc) is 2.71. The standard InChI is InChI=1S/C11H7Cl2NO2/c12-9-3-1-7(5-10(9)13)11-4-2-8(16-11)6-14-15/h1-6,15H/b14-6+. The molecular formula is C11H7Cl2NO2. The van der Waals surface area contributed by atoms with Crippen LogP contribution in [0, 0.1) is 0 Å². The fourth-order valence-electron chi connectivity index (χ4n) is 1.28. The Morgan fingerprint density at radius 2 is 1.94 bits per heavy atom. The molecule has 0 aliphatic rings. The molecule has 3 nitrogen and oxygen atoms in total. The zero-order valence-electron chi connectivity index (χ0n) is 8.02. The van der Waals surface area contributed by atoms with E-state index in [-0.39, 0.29) is 0 Å². The number of hydrogen-bond donors (Lipinski definition) is 1. The van der Waals surface area contributed by atoms with Crippen molar-refractivity contribution in [2.45, 2.75) is 0 Å². The lowest BCUT2D eigenvalue weighted by Gasteiger charge is -1.99. The number of furan rings is 1. The third-order valence-corrected chi connectivity index (χ3v) is 2.75. The smallest absolute Gasteiger partial charge is 0.149 e. The summed E-state index contributed by atoms with van der Waals surface area (Å²) in [5, 5.41) is 12.2. The molecule has 82 valence electrons. The number of oxime groups is 1. The average molecular weight is 256 g/mol. The molecule has 0 spiro atoms. The first-order valence-corrected chi connectivity index (χ1v) is 5.19. The minimum absolute atomic E-state index is 0.462. The maximum Gasteiger partial charge on any atom is 0.149 e. The zero-order valence-corrected chi connectivity index (χ0v) is 9.53. The summed E-state index contributed by atoms with van der Waals surface area (Å²) in [4.78, 5) is 0. The molecule has 1 heterocycles. The molecule has 1 N–H and O–H groups in total. The summed E-state index contributed by atoms with van der Waals surface area (Å²) in [5.41, 5.74) is 0.812. The first-order chi connectivity index (χ1) is 7.70. The second-order valence-corrected chi connectivity index (χ2v) is 3.89. The Morgan fingerprint density at radius 3 is 2.62 bits per heavy atom. The number of nitrogens with zero attached hydrogens (tertiary/aromatic N) is 1. The molecule has 0 saturated carbocycles. The monoisotopic (exact) mass is 255 g/mol. The number of benzene rings is 1. The molecule has 0 unspecified atom stereocenters. The minimum atomic E-state index is 0.462. The van der Waals surface area contributed by atoms with Gasteiger partial charge in [0.15, 0.2) is 0 Å². The Morgan fingerprint density at radius 1 is 1.12 bits per heavy atom. The lowest BCUT2D eigenvalue weighted by molar-refractivity contribution is 0.321. The Balaban J connectivity index is 2.38. The van der Waals surface area contributed by atoms with Gasteiger partial charge in [0.05, 0.1) is 10.0 Å². The molecule has 16 heavy (non-hydrogen) atoms. The molecule has 0 fully saturated rings. The molecule has 0 aliphatic heterocycles. The maximum absolute atomic E-state index is 8.35. The third kappa shape index (κ3) is 2.21. The van der Waals surface area contributed by atoms with E-state index >= 15 is 0 Å². The van der Waals surface area contributed by atoms with Crippen molar-refractivity contribution in [1.82, 2.24) is 0 Å². The quantitative estimate of drug-likeness (QED) is 0.500. The summed E-state index contributed by atoms with van der Waals surface area (Å²) in [5.74, 6) is 1.09. The Labute approximate surface area is 102 Å². The van der Waals surface area contributed by atoms with Gasteiger partial charge in [-0.1, -0.05) is 28.4 Å². The molecule has 1 aromatic carbocycles. The molecule has 0 amide bonds. The largest absolute Gasteiger partial charge is 0.455 e. The SMILES string of the molecule is O/N=C/c1ccc(-c2ccc(Cl)c(Cl)c2)o1. The van der Waals surface area contributed by atoms with E-state index in [9.17, 15) is 0 Å². The van der Waals surface area contributed by atoms with Gasteiger partial charge in [-0.15, -0.1) is 0 Å². The fourth-order valence-corrected chi connectivity index (χ4v) is 1.58. The van der Waals surface area contributed by atoms with Crippen LogP contribution >= 0.6 is 23.2 Å². The van der Waals surface area contributed by atoms with E-state index in [1.54, 1.807) is 30.3 Å². The van der Waals surface area contributed by atoms with Gasteiger partial charge in [-0.05, 0) is 30.3 Å². The molecule has 2 rings (SSSR count). The highest BCUT2D eigenvalue weighted by Gasteiger charge is 2.06. The lowest BCUT2D eigenvalue weighted by Crippen LogP contribution is -1.76. The molecule has 0 radical (unpaired) electrons. The number of hydrogen-bond acceptors (Lipinski definition) is 3. The zero-order chi connectivity index (χ0) is 11.5. The molecule has 5 heteroatoms. The van der Waals surface area contributed by atoms with Gasteiger partial charge >= 0.3 is 0 Å². The topological polar surface area (TPSA) is 45.7 Å². The van der Waals surface area contributed by atoms with Gasteiger partial charge in [0.1, 0.15) is 17.7 Å². The van der Waals surface area contributed by atoms with E-state index in [1.807, 2.05) is 0 Å². The van der Waals surface area contributed by atoms with Crippen molar-refractivity contribution in [3.05, 3.63) is 46.1 Å². The Hall–Kier alpha value is -1.45. The fraction of sp³-hybridized carbons (Fsp3) is 0. The molecule has 0 atom stereocenters. The molecule has 0 bridgehead atoms. The van der Waals surface area contributed by atoms with Crippen LogP contribution in [0.4, 0.5) is 0 Å². The van der Waals surface area contributed by atoms with Crippen molar-refractivity contribution < 1.29 is 9.62 Å². The van der Waals surface area contributed by atoms with Gasteiger partial charge in [0, 0.05) is 5.56 Å². The second-order valence-electron chi connectivity index (χ2n) is 3.08. The Kier molecular flexibility index (Phi) is 3.17. The number of rotatable bonds is 2. The van der Waals surface area contributed by atoms with Gasteiger partial charge in [-0.25, -0.2) is 0 Å². The van der Waals surface area contributed by atoms with Crippen LogP contribution in [-0.2, 0) is 0 Å². The normalized spacial score (nSPS) is 11.1. The van der Waals surface area contributed by atoms with Crippen LogP contribution in [0.25, 0.3) is 11.3 Å². The Bertz CT molecular complexity index is 535. The van der Waals surface area contributed by atoms with Crippen LogP contribution in [0.1, 0.15) is 5.76 Å². The summed E-state index contributed by atoms with van der Waals surface area (Å²) in [6.45, 7) is 0. The first-order valence-electron chi connectivity index (χ1n) is 4.43. The summed E-state index contributed by atoms with van der Waals surface area (Å²) >= 11 is 11.7. The van der Waals surface area contributed by atoms with Crippen molar-refractivity contribution in [2.24, 2.45) is 5.16 Å². The molecule has 0 saturated heterocycles. The predicted molar refractivity (Wildman–Crippen MR) is 63.5 cm³/mol. The highest BCUT2D eigenvalue weighted by Crippen LogP contribution is 2.29. The predicted octanol–water partition coefficient (Wildman–Crippen LogP) is 4.06. The van der Waals surface area contributed by atoms with E-state index in [0.717, 1.165) is 5.56 Å². The molecular weight excluding hydrogens is 249 g/mol. The molecule has 2 aromatic rings. The van der Waals surface area contributed by atoms with Gasteiger partial charge in [-0.3, -0.25) is 0 Å². The number of halogens is 2. The van der Waals surface area contributed by atoms with Crippen molar-refractivity contribution in [2.75, 3.05) is 0 Å². The second kappa shape index (κ2) is 4.60. The summed E-state index contributed by atoms with van der Waals surface area (Å²) in [7, 11) is 0. The van der Waals surface area contributed by atoms with Crippen molar-refractivity contribution in [3.63, 3.8) is 0 Å². The van der Waals surface area contributed by atoms with E-state index in [2.05, 4.69) is 5.16 Å².